The molecule has 0 bridgehead atoms. The van der Waals surface area contributed by atoms with E-state index in [1.807, 2.05) is 6.07 Å². The van der Waals surface area contributed by atoms with Crippen molar-refractivity contribution in [3.8, 4) is 0 Å². The molecule has 1 fully saturated rings. The zero-order valence-electron chi connectivity index (χ0n) is 10.5. The molecule has 1 aliphatic heterocycles. The van der Waals surface area contributed by atoms with E-state index < -0.39 is 0 Å². The highest BCUT2D eigenvalue weighted by Gasteiger charge is 2.48. The van der Waals surface area contributed by atoms with Crippen LogP contribution in [-0.4, -0.2) is 11.7 Å². The maximum atomic E-state index is 12.8. The lowest BCUT2D eigenvalue weighted by atomic mass is 9.42. The Balaban J connectivity index is 2.23. The summed E-state index contributed by atoms with van der Waals surface area (Å²) in [5, 5.41) is 0. The van der Waals surface area contributed by atoms with Crippen molar-refractivity contribution in [2.24, 2.45) is 10.8 Å². The first-order valence-corrected chi connectivity index (χ1v) is 5.93. The zero-order valence-corrected chi connectivity index (χ0v) is 10.5. The summed E-state index contributed by atoms with van der Waals surface area (Å²) in [4.78, 5) is 3.75. The van der Waals surface area contributed by atoms with Gasteiger partial charge in [0.25, 0.3) is 0 Å². The van der Waals surface area contributed by atoms with Gasteiger partial charge in [0.05, 0.1) is 0 Å². The molecular weight excluding hydrogens is 200 g/mol. The Morgan fingerprint density at radius 1 is 1.12 bits per heavy atom. The Labute approximate surface area is 97.6 Å². The van der Waals surface area contributed by atoms with Gasteiger partial charge in [-0.1, -0.05) is 51.9 Å². The molecular formula is C13H19BFN. The molecule has 0 amide bonds. The van der Waals surface area contributed by atoms with Crippen molar-refractivity contribution in [2.45, 2.75) is 40.3 Å². The van der Waals surface area contributed by atoms with Gasteiger partial charge in [-0.2, -0.15) is 4.39 Å². The van der Waals surface area contributed by atoms with Gasteiger partial charge in [-0.15, -0.1) is 0 Å². The van der Waals surface area contributed by atoms with E-state index in [1.54, 1.807) is 6.20 Å². The number of aromatic nitrogens is 1. The molecule has 0 saturated carbocycles. The molecule has 0 aromatic carbocycles. The molecule has 0 N–H and O–H groups in total. The number of pyridine rings is 1. The second kappa shape index (κ2) is 3.58. The van der Waals surface area contributed by atoms with Crippen molar-refractivity contribution in [1.29, 1.82) is 0 Å². The normalized spacial score (nSPS) is 22.4. The lowest BCUT2D eigenvalue weighted by molar-refractivity contribution is 0.177. The van der Waals surface area contributed by atoms with Gasteiger partial charge in [0.2, 0.25) is 5.95 Å². The van der Waals surface area contributed by atoms with Crippen molar-refractivity contribution in [3.05, 3.63) is 24.3 Å². The van der Waals surface area contributed by atoms with Gasteiger partial charge in [0.15, 0.2) is 6.71 Å². The summed E-state index contributed by atoms with van der Waals surface area (Å²) in [6.07, 6.45) is 4.01. The first-order valence-electron chi connectivity index (χ1n) is 5.93. The fourth-order valence-corrected chi connectivity index (χ4v) is 2.72. The SMILES string of the molecule is CC1(C)CB(c2ccc(F)nc2)CC1(C)C. The highest BCUT2D eigenvalue weighted by Crippen LogP contribution is 2.52. The van der Waals surface area contributed by atoms with Crippen LogP contribution in [0.25, 0.3) is 0 Å². The molecule has 86 valence electrons. The summed E-state index contributed by atoms with van der Waals surface area (Å²) in [5.74, 6) is -0.389. The summed E-state index contributed by atoms with van der Waals surface area (Å²) < 4.78 is 12.8. The maximum Gasteiger partial charge on any atom is 0.212 e. The van der Waals surface area contributed by atoms with Crippen molar-refractivity contribution in [3.63, 3.8) is 0 Å². The lowest BCUT2D eigenvalue weighted by Gasteiger charge is -2.35. The predicted octanol–water partition coefficient (Wildman–Crippen LogP) is 2.99. The fraction of sp³-hybridized carbons (Fsp3) is 0.615. The van der Waals surface area contributed by atoms with Crippen molar-refractivity contribution in [1.82, 2.24) is 4.98 Å². The van der Waals surface area contributed by atoms with Crippen LogP contribution in [-0.2, 0) is 0 Å². The molecule has 0 spiro atoms. The molecule has 16 heavy (non-hydrogen) atoms. The molecule has 1 aromatic rings. The van der Waals surface area contributed by atoms with Crippen LogP contribution in [0, 0.1) is 16.8 Å². The Bertz CT molecular complexity index is 367. The standard InChI is InChI=1S/C13H19BFN/c1-12(2)8-14(9-13(12,3)4)10-5-6-11(15)16-7-10/h5-7H,8-9H2,1-4H3. The van der Waals surface area contributed by atoms with Gasteiger partial charge < -0.3 is 0 Å². The van der Waals surface area contributed by atoms with E-state index in [-0.39, 0.29) is 5.95 Å². The smallest absolute Gasteiger partial charge is 0.212 e. The molecule has 1 nitrogen and oxygen atoms in total. The number of hydrogen-bond donors (Lipinski definition) is 0. The fourth-order valence-electron chi connectivity index (χ4n) is 2.72. The van der Waals surface area contributed by atoms with Crippen LogP contribution in [0.15, 0.2) is 18.3 Å². The van der Waals surface area contributed by atoms with Gasteiger partial charge in [0, 0.05) is 6.20 Å². The molecule has 2 heterocycles. The highest BCUT2D eigenvalue weighted by atomic mass is 19.1. The van der Waals surface area contributed by atoms with Crippen molar-refractivity contribution >= 4 is 12.2 Å². The minimum Gasteiger partial charge on any atom is -0.229 e. The zero-order chi connectivity index (χ0) is 12.0. The van der Waals surface area contributed by atoms with E-state index in [0.29, 0.717) is 17.5 Å². The molecule has 3 heteroatoms. The van der Waals surface area contributed by atoms with E-state index >= 15 is 0 Å². The number of hydrogen-bond acceptors (Lipinski definition) is 1. The molecule has 1 aromatic heterocycles. The van der Waals surface area contributed by atoms with Crippen LogP contribution < -0.4 is 5.46 Å². The molecule has 2 rings (SSSR count). The minimum absolute atomic E-state index is 0.339. The molecule has 0 atom stereocenters. The molecule has 0 unspecified atom stereocenters. The summed E-state index contributed by atoms with van der Waals surface area (Å²) in [6, 6.07) is 3.35. The second-order valence-electron chi connectivity index (χ2n) is 6.29. The van der Waals surface area contributed by atoms with Crippen LogP contribution in [0.2, 0.25) is 12.6 Å². The van der Waals surface area contributed by atoms with Crippen LogP contribution >= 0.6 is 0 Å². The third kappa shape index (κ3) is 1.88. The van der Waals surface area contributed by atoms with Gasteiger partial charge in [0.1, 0.15) is 0 Å². The number of rotatable bonds is 1. The summed E-state index contributed by atoms with van der Waals surface area (Å²) in [7, 11) is 0. The highest BCUT2D eigenvalue weighted by molar-refractivity contribution is 6.74. The maximum absolute atomic E-state index is 12.8. The Morgan fingerprint density at radius 2 is 1.69 bits per heavy atom. The lowest BCUT2D eigenvalue weighted by Crippen LogP contribution is -2.28. The molecule has 0 radical (unpaired) electrons. The minimum atomic E-state index is -0.389. The number of nitrogens with zero attached hydrogens (tertiary/aromatic N) is 1. The quantitative estimate of drug-likeness (QED) is 0.522. The Morgan fingerprint density at radius 3 is 2.12 bits per heavy atom. The van der Waals surface area contributed by atoms with Crippen LogP contribution in [0.1, 0.15) is 27.7 Å². The van der Waals surface area contributed by atoms with Crippen LogP contribution in [0.5, 0.6) is 0 Å². The third-order valence-electron chi connectivity index (χ3n) is 4.57. The molecule has 1 aliphatic rings. The average molecular weight is 219 g/mol. The number of halogens is 1. The summed E-state index contributed by atoms with van der Waals surface area (Å²) in [5.41, 5.74) is 1.86. The van der Waals surface area contributed by atoms with Gasteiger partial charge >= 0.3 is 0 Å². The third-order valence-corrected chi connectivity index (χ3v) is 4.57. The van der Waals surface area contributed by atoms with E-state index in [0.717, 1.165) is 12.6 Å². The summed E-state index contributed by atoms with van der Waals surface area (Å²) >= 11 is 0. The molecule has 1 saturated heterocycles. The molecule has 0 aliphatic carbocycles. The first-order chi connectivity index (χ1) is 7.32. The van der Waals surface area contributed by atoms with Crippen LogP contribution in [0.3, 0.4) is 0 Å². The van der Waals surface area contributed by atoms with Gasteiger partial charge in [-0.05, 0) is 16.9 Å². The van der Waals surface area contributed by atoms with Crippen molar-refractivity contribution in [2.75, 3.05) is 0 Å². The second-order valence-corrected chi connectivity index (χ2v) is 6.29. The van der Waals surface area contributed by atoms with Crippen molar-refractivity contribution < 1.29 is 4.39 Å². The van der Waals surface area contributed by atoms with E-state index in [2.05, 4.69) is 32.7 Å². The van der Waals surface area contributed by atoms with E-state index in [1.165, 1.54) is 11.5 Å². The first kappa shape index (κ1) is 11.6. The van der Waals surface area contributed by atoms with E-state index in [4.69, 9.17) is 0 Å². The summed E-state index contributed by atoms with van der Waals surface area (Å²) in [6.45, 7) is 9.82. The Kier molecular flexibility index (Phi) is 2.60. The topological polar surface area (TPSA) is 12.9 Å². The average Bonchev–Trinajstić information content (AvgIpc) is 2.37. The Hall–Kier alpha value is -0.855. The predicted molar refractivity (Wildman–Crippen MR) is 66.8 cm³/mol. The van der Waals surface area contributed by atoms with Gasteiger partial charge in [-0.3, -0.25) is 0 Å². The van der Waals surface area contributed by atoms with Gasteiger partial charge in [-0.25, -0.2) is 4.98 Å². The van der Waals surface area contributed by atoms with E-state index in [9.17, 15) is 4.39 Å². The van der Waals surface area contributed by atoms with Crippen LogP contribution in [0.4, 0.5) is 4.39 Å². The largest absolute Gasteiger partial charge is 0.229 e. The monoisotopic (exact) mass is 219 g/mol.